The quantitative estimate of drug-likeness (QED) is 0.694. The summed E-state index contributed by atoms with van der Waals surface area (Å²) in [6.45, 7) is 7.83. The van der Waals surface area contributed by atoms with Crippen LogP contribution in [0.15, 0.2) is 48.5 Å². The van der Waals surface area contributed by atoms with E-state index in [-0.39, 0.29) is 17.5 Å². The molecule has 0 radical (unpaired) electrons. The molecule has 1 N–H and O–H groups in total. The highest BCUT2D eigenvalue weighted by molar-refractivity contribution is 7.88. The Balaban J connectivity index is 0.000000569. The normalized spacial score (nSPS) is 17.0. The minimum Gasteiger partial charge on any atom is -0.497 e. The van der Waals surface area contributed by atoms with Crippen LogP contribution < -0.4 is 9.46 Å². The molecule has 2 aromatic rings. The first-order chi connectivity index (χ1) is 15.4. The van der Waals surface area contributed by atoms with E-state index < -0.39 is 10.0 Å². The van der Waals surface area contributed by atoms with Gasteiger partial charge in [0.1, 0.15) is 11.9 Å². The number of nitrogens with zero attached hydrogens (tertiary/aromatic N) is 2. The average molecular weight is 476 g/mol. The van der Waals surface area contributed by atoms with E-state index in [1.165, 1.54) is 23.7 Å². The second kappa shape index (κ2) is 11.1. The second-order valence-electron chi connectivity index (χ2n) is 9.32. The van der Waals surface area contributed by atoms with Crippen molar-refractivity contribution in [3.05, 3.63) is 65.2 Å². The maximum atomic E-state index is 12.6. The fraction of sp³-hybridized carbons (Fsp3) is 0.480. The molecule has 0 spiro atoms. The summed E-state index contributed by atoms with van der Waals surface area (Å²) in [6.07, 6.45) is 1.94. The van der Waals surface area contributed by atoms with Crippen LogP contribution in [0.1, 0.15) is 43.6 Å². The van der Waals surface area contributed by atoms with Gasteiger partial charge in [-0.25, -0.2) is 13.1 Å². The van der Waals surface area contributed by atoms with Crippen LogP contribution in [0.25, 0.3) is 0 Å². The molecule has 2 aromatic carbocycles. The molecular formula is C25H37N3O4S. The van der Waals surface area contributed by atoms with E-state index in [1.54, 1.807) is 7.11 Å². The standard InChI is InChI=1S/C23H30N2O2.C2H7NO2S/c1-23(2,3)19-10-8-18(9-11-19)22-24(4)16-21(26)25(22)15-14-17-6-12-20(27-5)13-7-17;1-3-6(2,4)5/h6-13,22H,14-16H2,1-5H3;3H,1-2H3. The molecule has 1 saturated heterocycles. The molecule has 1 atom stereocenters. The van der Waals surface area contributed by atoms with Gasteiger partial charge in [0.25, 0.3) is 0 Å². The lowest BCUT2D eigenvalue weighted by Gasteiger charge is -2.29. The SMILES string of the molecule is CNS(C)(=O)=O.COc1ccc(CCN2C(=O)CN(C)C2c2ccc(C(C)(C)C)cc2)cc1. The van der Waals surface area contributed by atoms with Crippen LogP contribution in [0.5, 0.6) is 5.75 Å². The van der Waals surface area contributed by atoms with Crippen LogP contribution >= 0.6 is 0 Å². The Kier molecular flexibility index (Phi) is 9.05. The Morgan fingerprint density at radius 2 is 1.61 bits per heavy atom. The smallest absolute Gasteiger partial charge is 0.238 e. The number of nitrogens with one attached hydrogen (secondary N) is 1. The van der Waals surface area contributed by atoms with Crippen molar-refractivity contribution >= 4 is 15.9 Å². The summed E-state index contributed by atoms with van der Waals surface area (Å²) in [7, 11) is 2.15. The Bertz CT molecular complexity index is 1010. The maximum Gasteiger partial charge on any atom is 0.238 e. The fourth-order valence-electron chi connectivity index (χ4n) is 3.64. The number of hydrogen-bond acceptors (Lipinski definition) is 5. The first-order valence-corrected chi connectivity index (χ1v) is 12.9. The zero-order valence-corrected chi connectivity index (χ0v) is 21.6. The van der Waals surface area contributed by atoms with Crippen molar-refractivity contribution in [1.82, 2.24) is 14.5 Å². The molecule has 1 fully saturated rings. The number of rotatable bonds is 6. The minimum absolute atomic E-state index is 0.00441. The van der Waals surface area contributed by atoms with Gasteiger partial charge in [-0.05, 0) is 54.8 Å². The topological polar surface area (TPSA) is 79.0 Å². The molecule has 0 aromatic heterocycles. The highest BCUT2D eigenvalue weighted by atomic mass is 32.2. The number of sulfonamides is 1. The molecule has 7 nitrogen and oxygen atoms in total. The van der Waals surface area contributed by atoms with Crippen LogP contribution in [0, 0.1) is 0 Å². The zero-order valence-electron chi connectivity index (χ0n) is 20.8. The molecule has 1 heterocycles. The van der Waals surface area contributed by atoms with Gasteiger partial charge < -0.3 is 9.64 Å². The van der Waals surface area contributed by atoms with Gasteiger partial charge in [0.2, 0.25) is 15.9 Å². The molecule has 3 rings (SSSR count). The lowest BCUT2D eigenvalue weighted by atomic mass is 9.86. The second-order valence-corrected chi connectivity index (χ2v) is 11.3. The van der Waals surface area contributed by atoms with Gasteiger partial charge in [0, 0.05) is 6.54 Å². The van der Waals surface area contributed by atoms with E-state index in [0.717, 1.165) is 18.4 Å². The monoisotopic (exact) mass is 475 g/mol. The van der Waals surface area contributed by atoms with Gasteiger partial charge in [0.05, 0.1) is 19.9 Å². The number of carbonyl (C=O) groups excluding carboxylic acids is 1. The molecule has 182 valence electrons. The molecule has 1 unspecified atom stereocenters. The van der Waals surface area contributed by atoms with Gasteiger partial charge in [0.15, 0.2) is 0 Å². The predicted octanol–water partition coefficient (Wildman–Crippen LogP) is 3.17. The van der Waals surface area contributed by atoms with Crippen molar-refractivity contribution in [1.29, 1.82) is 0 Å². The lowest BCUT2D eigenvalue weighted by molar-refractivity contribution is -0.128. The third-order valence-corrected chi connectivity index (χ3v) is 6.41. The van der Waals surface area contributed by atoms with Crippen molar-refractivity contribution in [3.63, 3.8) is 0 Å². The van der Waals surface area contributed by atoms with E-state index in [4.69, 9.17) is 4.74 Å². The van der Waals surface area contributed by atoms with E-state index in [1.807, 2.05) is 24.1 Å². The van der Waals surface area contributed by atoms with Crippen molar-refractivity contribution < 1.29 is 17.9 Å². The molecule has 0 aliphatic carbocycles. The summed E-state index contributed by atoms with van der Waals surface area (Å²) in [5, 5.41) is 0. The summed E-state index contributed by atoms with van der Waals surface area (Å²) >= 11 is 0. The Morgan fingerprint density at radius 3 is 2.06 bits per heavy atom. The maximum absolute atomic E-state index is 12.6. The molecule has 33 heavy (non-hydrogen) atoms. The van der Waals surface area contributed by atoms with Gasteiger partial charge in [-0.1, -0.05) is 57.2 Å². The van der Waals surface area contributed by atoms with Crippen molar-refractivity contribution in [2.75, 3.05) is 40.6 Å². The van der Waals surface area contributed by atoms with Crippen LogP contribution in [0.2, 0.25) is 0 Å². The summed E-state index contributed by atoms with van der Waals surface area (Å²) in [6, 6.07) is 16.8. The summed E-state index contributed by atoms with van der Waals surface area (Å²) in [5.74, 6) is 1.04. The third kappa shape index (κ3) is 7.84. The Morgan fingerprint density at radius 1 is 1.06 bits per heavy atom. The molecule has 1 amide bonds. The Labute approximate surface area is 198 Å². The minimum atomic E-state index is -2.91. The molecule has 8 heteroatoms. The first kappa shape index (κ1) is 26.8. The summed E-state index contributed by atoms with van der Waals surface area (Å²) < 4.78 is 27.1. The van der Waals surface area contributed by atoms with Crippen LogP contribution in [0.4, 0.5) is 0 Å². The van der Waals surface area contributed by atoms with Gasteiger partial charge in [-0.3, -0.25) is 9.69 Å². The number of amides is 1. The number of methoxy groups -OCH3 is 1. The average Bonchev–Trinajstić information content (AvgIpc) is 3.04. The number of ether oxygens (including phenoxy) is 1. The van der Waals surface area contributed by atoms with Gasteiger partial charge in [-0.2, -0.15) is 0 Å². The Hall–Kier alpha value is -2.42. The van der Waals surface area contributed by atoms with Crippen molar-refractivity contribution in [3.8, 4) is 5.75 Å². The van der Waals surface area contributed by atoms with Crippen molar-refractivity contribution in [2.24, 2.45) is 0 Å². The number of carbonyl (C=O) groups is 1. The number of hydrogen-bond donors (Lipinski definition) is 1. The molecule has 1 aliphatic heterocycles. The molecular weight excluding hydrogens is 438 g/mol. The van der Waals surface area contributed by atoms with Crippen LogP contribution in [0.3, 0.4) is 0 Å². The largest absolute Gasteiger partial charge is 0.497 e. The summed E-state index contributed by atoms with van der Waals surface area (Å²) in [4.78, 5) is 16.7. The predicted molar refractivity (Wildman–Crippen MR) is 133 cm³/mol. The summed E-state index contributed by atoms with van der Waals surface area (Å²) in [5.41, 5.74) is 3.82. The van der Waals surface area contributed by atoms with E-state index >= 15 is 0 Å². The van der Waals surface area contributed by atoms with E-state index in [0.29, 0.717) is 13.1 Å². The molecule has 0 saturated carbocycles. The fourth-order valence-corrected chi connectivity index (χ4v) is 3.64. The van der Waals surface area contributed by atoms with E-state index in [9.17, 15) is 13.2 Å². The zero-order chi connectivity index (χ0) is 24.8. The number of benzene rings is 2. The number of likely N-dealkylation sites (N-methyl/N-ethyl adjacent to an activating group) is 1. The van der Waals surface area contributed by atoms with Crippen LogP contribution in [-0.2, 0) is 26.7 Å². The molecule has 0 bridgehead atoms. The third-order valence-electron chi connectivity index (χ3n) is 5.66. The first-order valence-electron chi connectivity index (χ1n) is 11.0. The van der Waals surface area contributed by atoms with Crippen LogP contribution in [-0.4, -0.2) is 64.7 Å². The van der Waals surface area contributed by atoms with Crippen molar-refractivity contribution in [2.45, 2.75) is 38.8 Å². The van der Waals surface area contributed by atoms with Gasteiger partial charge >= 0.3 is 0 Å². The van der Waals surface area contributed by atoms with Gasteiger partial charge in [-0.15, -0.1) is 0 Å². The molecule has 1 aliphatic rings. The van der Waals surface area contributed by atoms with E-state index in [2.05, 4.69) is 66.8 Å². The highest BCUT2D eigenvalue weighted by Crippen LogP contribution is 2.31. The lowest BCUT2D eigenvalue weighted by Crippen LogP contribution is -2.32. The highest BCUT2D eigenvalue weighted by Gasteiger charge is 2.36.